The number of carbonyl (C=O) groups is 1. The molecule has 1 saturated heterocycles. The van der Waals surface area contributed by atoms with Gasteiger partial charge < -0.3 is 15.4 Å². The van der Waals surface area contributed by atoms with E-state index in [-0.39, 0.29) is 12.0 Å². The molecule has 0 aliphatic carbocycles. The largest absolute Gasteiger partial charge is 0.460 e. The van der Waals surface area contributed by atoms with Crippen LogP contribution in [-0.2, 0) is 4.74 Å². The van der Waals surface area contributed by atoms with Crippen molar-refractivity contribution in [2.45, 2.75) is 32.7 Å². The summed E-state index contributed by atoms with van der Waals surface area (Å²) in [6.07, 6.45) is 2.21. The first kappa shape index (κ1) is 16.5. The van der Waals surface area contributed by atoms with Gasteiger partial charge in [-0.2, -0.15) is 0 Å². The standard InChI is InChI=1S/C20H24N2O2/c1-14-7-5-11-18(15(14)2)22-19-10-4-3-9-17(19)20(23)24-13-16-8-6-12-21-16/h3-5,7,9-11,16,21-22H,6,8,12-13H2,1-2H3. The number of nitrogens with one attached hydrogen (secondary N) is 2. The number of aryl methyl sites for hydroxylation is 1. The van der Waals surface area contributed by atoms with Crippen molar-refractivity contribution in [3.05, 3.63) is 59.2 Å². The molecular formula is C20H24N2O2. The van der Waals surface area contributed by atoms with E-state index in [1.165, 1.54) is 11.1 Å². The summed E-state index contributed by atoms with van der Waals surface area (Å²) in [5, 5.41) is 6.71. The zero-order valence-electron chi connectivity index (χ0n) is 14.3. The molecule has 1 unspecified atom stereocenters. The number of ether oxygens (including phenoxy) is 1. The van der Waals surface area contributed by atoms with Gasteiger partial charge in [0.05, 0.1) is 11.3 Å². The van der Waals surface area contributed by atoms with E-state index in [4.69, 9.17) is 4.74 Å². The molecule has 24 heavy (non-hydrogen) atoms. The van der Waals surface area contributed by atoms with Crippen LogP contribution in [0.5, 0.6) is 0 Å². The molecule has 1 atom stereocenters. The highest BCUT2D eigenvalue weighted by Crippen LogP contribution is 2.25. The van der Waals surface area contributed by atoms with Crippen molar-refractivity contribution in [3.63, 3.8) is 0 Å². The third kappa shape index (κ3) is 3.77. The summed E-state index contributed by atoms with van der Waals surface area (Å²) in [7, 11) is 0. The van der Waals surface area contributed by atoms with Gasteiger partial charge in [-0.25, -0.2) is 4.79 Å². The van der Waals surface area contributed by atoms with Crippen molar-refractivity contribution < 1.29 is 9.53 Å². The Hall–Kier alpha value is -2.33. The monoisotopic (exact) mass is 324 g/mol. The molecule has 1 heterocycles. The van der Waals surface area contributed by atoms with Gasteiger partial charge in [0.1, 0.15) is 6.61 Å². The first-order valence-corrected chi connectivity index (χ1v) is 8.48. The average Bonchev–Trinajstić information content (AvgIpc) is 3.11. The lowest BCUT2D eigenvalue weighted by molar-refractivity contribution is 0.0474. The van der Waals surface area contributed by atoms with Gasteiger partial charge >= 0.3 is 5.97 Å². The smallest absolute Gasteiger partial charge is 0.340 e. The lowest BCUT2D eigenvalue weighted by Gasteiger charge is -2.15. The first-order valence-electron chi connectivity index (χ1n) is 8.48. The molecule has 4 nitrogen and oxygen atoms in total. The molecule has 4 heteroatoms. The van der Waals surface area contributed by atoms with E-state index in [0.29, 0.717) is 12.2 Å². The molecule has 1 fully saturated rings. The molecule has 126 valence electrons. The predicted molar refractivity (Wildman–Crippen MR) is 96.9 cm³/mol. The third-order valence-corrected chi connectivity index (χ3v) is 4.60. The Labute approximate surface area is 143 Å². The van der Waals surface area contributed by atoms with Gasteiger partial charge in [0.25, 0.3) is 0 Å². The number of carbonyl (C=O) groups excluding carboxylic acids is 1. The molecule has 2 N–H and O–H groups in total. The highest BCUT2D eigenvalue weighted by atomic mass is 16.5. The topological polar surface area (TPSA) is 50.4 Å². The van der Waals surface area contributed by atoms with Gasteiger partial charge in [-0.15, -0.1) is 0 Å². The van der Waals surface area contributed by atoms with Crippen LogP contribution in [0.25, 0.3) is 0 Å². The Balaban J connectivity index is 1.74. The quantitative estimate of drug-likeness (QED) is 0.818. The van der Waals surface area contributed by atoms with Crippen molar-refractivity contribution in [1.82, 2.24) is 5.32 Å². The van der Waals surface area contributed by atoms with Crippen LogP contribution in [-0.4, -0.2) is 25.2 Å². The van der Waals surface area contributed by atoms with Crippen molar-refractivity contribution in [2.24, 2.45) is 0 Å². The van der Waals surface area contributed by atoms with Crippen LogP contribution in [0.15, 0.2) is 42.5 Å². The van der Waals surface area contributed by atoms with E-state index in [1.54, 1.807) is 6.07 Å². The third-order valence-electron chi connectivity index (χ3n) is 4.60. The number of anilines is 2. The SMILES string of the molecule is Cc1cccc(Nc2ccccc2C(=O)OCC2CCCN2)c1C. The predicted octanol–water partition coefficient (Wildman–Crippen LogP) is 3.96. The van der Waals surface area contributed by atoms with E-state index >= 15 is 0 Å². The number of hydrogen-bond acceptors (Lipinski definition) is 4. The van der Waals surface area contributed by atoms with E-state index in [9.17, 15) is 4.79 Å². The Kier molecular flexibility index (Phi) is 5.16. The lowest BCUT2D eigenvalue weighted by atomic mass is 10.1. The second kappa shape index (κ2) is 7.49. The molecule has 0 aromatic heterocycles. The van der Waals surface area contributed by atoms with Crippen molar-refractivity contribution in [2.75, 3.05) is 18.5 Å². The molecule has 0 radical (unpaired) electrons. The maximum absolute atomic E-state index is 12.5. The van der Waals surface area contributed by atoms with Gasteiger partial charge in [-0.05, 0) is 62.6 Å². The molecule has 2 aromatic rings. The summed E-state index contributed by atoms with van der Waals surface area (Å²) < 4.78 is 5.50. The van der Waals surface area contributed by atoms with E-state index in [1.807, 2.05) is 30.3 Å². The number of esters is 1. The summed E-state index contributed by atoms with van der Waals surface area (Å²) in [6, 6.07) is 13.9. The summed E-state index contributed by atoms with van der Waals surface area (Å²) in [6.45, 7) is 5.59. The minimum atomic E-state index is -0.280. The van der Waals surface area contributed by atoms with E-state index < -0.39 is 0 Å². The first-order chi connectivity index (χ1) is 11.6. The van der Waals surface area contributed by atoms with Crippen LogP contribution in [0.2, 0.25) is 0 Å². The summed E-state index contributed by atoms with van der Waals surface area (Å²) in [4.78, 5) is 12.5. The maximum Gasteiger partial charge on any atom is 0.340 e. The molecule has 0 saturated carbocycles. The Morgan fingerprint density at radius 3 is 2.75 bits per heavy atom. The zero-order valence-corrected chi connectivity index (χ0v) is 14.3. The molecule has 1 aliphatic rings. The van der Waals surface area contributed by atoms with Gasteiger partial charge in [0, 0.05) is 11.7 Å². The van der Waals surface area contributed by atoms with Crippen LogP contribution >= 0.6 is 0 Å². The van der Waals surface area contributed by atoms with Crippen LogP contribution in [0.1, 0.15) is 34.3 Å². The Morgan fingerprint density at radius 2 is 1.96 bits per heavy atom. The number of rotatable bonds is 5. The lowest BCUT2D eigenvalue weighted by Crippen LogP contribution is -2.28. The summed E-state index contributed by atoms with van der Waals surface area (Å²) >= 11 is 0. The van der Waals surface area contributed by atoms with Crippen molar-refractivity contribution in [1.29, 1.82) is 0 Å². The molecule has 2 aromatic carbocycles. The fourth-order valence-electron chi connectivity index (χ4n) is 2.95. The van der Waals surface area contributed by atoms with Gasteiger partial charge in [-0.1, -0.05) is 24.3 Å². The summed E-state index contributed by atoms with van der Waals surface area (Å²) in [5.41, 5.74) is 4.74. The summed E-state index contributed by atoms with van der Waals surface area (Å²) in [5.74, 6) is -0.280. The maximum atomic E-state index is 12.5. The van der Waals surface area contributed by atoms with Crippen LogP contribution in [0, 0.1) is 13.8 Å². The fraction of sp³-hybridized carbons (Fsp3) is 0.350. The van der Waals surface area contributed by atoms with E-state index in [0.717, 1.165) is 30.8 Å². The minimum Gasteiger partial charge on any atom is -0.460 e. The Bertz CT molecular complexity index is 721. The Morgan fingerprint density at radius 1 is 1.17 bits per heavy atom. The second-order valence-corrected chi connectivity index (χ2v) is 6.31. The molecule has 3 rings (SSSR count). The van der Waals surface area contributed by atoms with Gasteiger partial charge in [0.2, 0.25) is 0 Å². The van der Waals surface area contributed by atoms with Crippen molar-refractivity contribution in [3.8, 4) is 0 Å². The zero-order chi connectivity index (χ0) is 16.9. The minimum absolute atomic E-state index is 0.280. The molecule has 0 spiro atoms. The molecule has 1 aliphatic heterocycles. The number of para-hydroxylation sites is 1. The van der Waals surface area contributed by atoms with Crippen LogP contribution in [0.3, 0.4) is 0 Å². The van der Waals surface area contributed by atoms with Crippen LogP contribution < -0.4 is 10.6 Å². The highest BCUT2D eigenvalue weighted by Gasteiger charge is 2.18. The number of hydrogen-bond donors (Lipinski definition) is 2. The van der Waals surface area contributed by atoms with Gasteiger partial charge in [-0.3, -0.25) is 0 Å². The second-order valence-electron chi connectivity index (χ2n) is 6.31. The highest BCUT2D eigenvalue weighted by molar-refractivity contribution is 5.96. The normalized spacial score (nSPS) is 16.8. The molecular weight excluding hydrogens is 300 g/mol. The van der Waals surface area contributed by atoms with Crippen LogP contribution in [0.4, 0.5) is 11.4 Å². The van der Waals surface area contributed by atoms with Gasteiger partial charge in [0.15, 0.2) is 0 Å². The fourth-order valence-corrected chi connectivity index (χ4v) is 2.95. The average molecular weight is 324 g/mol. The molecule has 0 bridgehead atoms. The molecule has 0 amide bonds. The van der Waals surface area contributed by atoms with Crippen molar-refractivity contribution >= 4 is 17.3 Å². The van der Waals surface area contributed by atoms with E-state index in [2.05, 4.69) is 30.5 Å². The number of benzene rings is 2.